The van der Waals surface area contributed by atoms with Crippen LogP contribution in [0.5, 0.6) is 0 Å². The van der Waals surface area contributed by atoms with E-state index in [1.54, 1.807) is 0 Å². The molecule has 0 aliphatic heterocycles. The summed E-state index contributed by atoms with van der Waals surface area (Å²) in [7, 11) is -3.20. The Morgan fingerprint density at radius 1 is 1.69 bits per heavy atom. The summed E-state index contributed by atoms with van der Waals surface area (Å²) in [6, 6.07) is 0. The molecular weight excluding hydrogens is 210 g/mol. The number of rotatable bonds is 4. The second-order valence-corrected chi connectivity index (χ2v) is 5.23. The molecule has 1 aromatic heterocycles. The lowest BCUT2D eigenvalue weighted by Gasteiger charge is -1.96. The quantitative estimate of drug-likeness (QED) is 0.706. The summed E-state index contributed by atoms with van der Waals surface area (Å²) in [5, 5.41) is 2.25. The first-order chi connectivity index (χ1) is 6.01. The standard InChI is InChI=1S/C6H11N3O2S2/c1-13(10,11)9-6-8-5(2-3-7)4-12-6/h4H,2-3,7H2,1H3,(H,8,9)/p+1. The van der Waals surface area contributed by atoms with Crippen LogP contribution < -0.4 is 10.5 Å². The second kappa shape index (κ2) is 4.03. The number of aromatic nitrogens is 1. The lowest BCUT2D eigenvalue weighted by atomic mass is 10.3. The first-order valence-corrected chi connectivity index (χ1v) is 6.50. The van der Waals surface area contributed by atoms with Crippen molar-refractivity contribution in [1.82, 2.24) is 4.98 Å². The minimum absolute atomic E-state index is 0.422. The highest BCUT2D eigenvalue weighted by atomic mass is 32.2. The Bertz CT molecular complexity index is 371. The minimum Gasteiger partial charge on any atom is -0.357 e. The van der Waals surface area contributed by atoms with E-state index in [9.17, 15) is 8.42 Å². The molecule has 1 aromatic rings. The third-order valence-corrected chi connectivity index (χ3v) is 2.76. The summed E-state index contributed by atoms with van der Waals surface area (Å²) in [6.07, 6.45) is 1.89. The van der Waals surface area contributed by atoms with Crippen molar-refractivity contribution in [3.8, 4) is 0 Å². The molecule has 74 valence electrons. The van der Waals surface area contributed by atoms with E-state index in [1.807, 2.05) is 5.38 Å². The normalized spacial score (nSPS) is 11.5. The predicted octanol–water partition coefficient (Wildman–Crippen LogP) is -0.701. The van der Waals surface area contributed by atoms with Gasteiger partial charge in [-0.25, -0.2) is 13.4 Å². The fourth-order valence-corrected chi connectivity index (χ4v) is 2.41. The van der Waals surface area contributed by atoms with Gasteiger partial charge < -0.3 is 5.73 Å². The summed E-state index contributed by atoms with van der Waals surface area (Å²) in [6.45, 7) is 0.766. The number of anilines is 1. The number of nitrogens with zero attached hydrogens (tertiary/aromatic N) is 1. The van der Waals surface area contributed by atoms with E-state index in [2.05, 4.69) is 15.4 Å². The molecule has 0 radical (unpaired) electrons. The number of sulfonamides is 1. The van der Waals surface area contributed by atoms with Gasteiger partial charge in [-0.1, -0.05) is 0 Å². The van der Waals surface area contributed by atoms with Gasteiger partial charge in [0.2, 0.25) is 10.0 Å². The van der Waals surface area contributed by atoms with Crippen molar-refractivity contribution in [3.63, 3.8) is 0 Å². The van der Waals surface area contributed by atoms with Gasteiger partial charge in [-0.15, -0.1) is 11.3 Å². The largest absolute Gasteiger partial charge is 0.357 e. The highest BCUT2D eigenvalue weighted by Crippen LogP contribution is 2.16. The van der Waals surface area contributed by atoms with E-state index in [-0.39, 0.29) is 0 Å². The number of hydrogen-bond donors (Lipinski definition) is 2. The van der Waals surface area contributed by atoms with Crippen LogP contribution in [0, 0.1) is 0 Å². The number of thiazole rings is 1. The van der Waals surface area contributed by atoms with Crippen LogP contribution >= 0.6 is 11.3 Å². The third-order valence-electron chi connectivity index (χ3n) is 1.26. The van der Waals surface area contributed by atoms with E-state index in [4.69, 9.17) is 0 Å². The molecule has 0 unspecified atom stereocenters. The van der Waals surface area contributed by atoms with Gasteiger partial charge in [0.15, 0.2) is 5.13 Å². The average molecular weight is 222 g/mol. The van der Waals surface area contributed by atoms with Crippen LogP contribution in [-0.4, -0.2) is 26.2 Å². The summed E-state index contributed by atoms with van der Waals surface area (Å²) in [5.74, 6) is 0. The van der Waals surface area contributed by atoms with Gasteiger partial charge >= 0.3 is 0 Å². The maximum atomic E-state index is 10.8. The zero-order valence-electron chi connectivity index (χ0n) is 7.28. The summed E-state index contributed by atoms with van der Waals surface area (Å²) in [4.78, 5) is 4.07. The fourth-order valence-electron chi connectivity index (χ4n) is 0.808. The Labute approximate surface area is 81.0 Å². The molecule has 0 spiro atoms. The molecule has 0 saturated carbocycles. The monoisotopic (exact) mass is 222 g/mol. The molecule has 13 heavy (non-hydrogen) atoms. The van der Waals surface area contributed by atoms with Gasteiger partial charge in [0.1, 0.15) is 0 Å². The Kier molecular flexibility index (Phi) is 3.23. The van der Waals surface area contributed by atoms with E-state index in [0.717, 1.165) is 24.9 Å². The first-order valence-electron chi connectivity index (χ1n) is 3.72. The molecular formula is C6H12N3O2S2+. The van der Waals surface area contributed by atoms with Crippen LogP contribution in [0.2, 0.25) is 0 Å². The van der Waals surface area contributed by atoms with Crippen molar-refractivity contribution in [2.75, 3.05) is 17.5 Å². The fraction of sp³-hybridized carbons (Fsp3) is 0.500. The minimum atomic E-state index is -3.20. The molecule has 0 atom stereocenters. The van der Waals surface area contributed by atoms with E-state index in [0.29, 0.717) is 5.13 Å². The maximum Gasteiger partial charge on any atom is 0.231 e. The molecule has 0 aliphatic carbocycles. The van der Waals surface area contributed by atoms with Crippen molar-refractivity contribution in [3.05, 3.63) is 11.1 Å². The van der Waals surface area contributed by atoms with E-state index >= 15 is 0 Å². The Hall–Kier alpha value is -0.660. The molecule has 0 fully saturated rings. The van der Waals surface area contributed by atoms with Crippen LogP contribution in [0.4, 0.5) is 5.13 Å². The Balaban J connectivity index is 2.69. The van der Waals surface area contributed by atoms with Gasteiger partial charge in [0.05, 0.1) is 18.5 Å². The highest BCUT2D eigenvalue weighted by molar-refractivity contribution is 7.92. The molecule has 0 bridgehead atoms. The Morgan fingerprint density at radius 2 is 2.38 bits per heavy atom. The Morgan fingerprint density at radius 3 is 2.92 bits per heavy atom. The van der Waals surface area contributed by atoms with Gasteiger partial charge in [-0.2, -0.15) is 0 Å². The van der Waals surface area contributed by atoms with Crippen LogP contribution in [0.1, 0.15) is 5.69 Å². The van der Waals surface area contributed by atoms with Crippen LogP contribution in [0.3, 0.4) is 0 Å². The van der Waals surface area contributed by atoms with Crippen molar-refractivity contribution in [1.29, 1.82) is 0 Å². The van der Waals surface area contributed by atoms with Crippen LogP contribution in [0.15, 0.2) is 5.38 Å². The summed E-state index contributed by atoms with van der Waals surface area (Å²) < 4.78 is 23.9. The van der Waals surface area contributed by atoms with Gasteiger partial charge in [0.25, 0.3) is 0 Å². The number of hydrogen-bond acceptors (Lipinski definition) is 4. The molecule has 7 heteroatoms. The van der Waals surface area contributed by atoms with Crippen LogP contribution in [0.25, 0.3) is 0 Å². The van der Waals surface area contributed by atoms with Gasteiger partial charge in [-0.3, -0.25) is 4.72 Å². The van der Waals surface area contributed by atoms with Crippen molar-refractivity contribution >= 4 is 26.5 Å². The molecule has 1 rings (SSSR count). The molecule has 0 aromatic carbocycles. The molecule has 0 saturated heterocycles. The van der Waals surface area contributed by atoms with Crippen LogP contribution in [-0.2, 0) is 16.4 Å². The molecule has 4 N–H and O–H groups in total. The van der Waals surface area contributed by atoms with Gasteiger partial charge in [-0.05, 0) is 0 Å². The van der Waals surface area contributed by atoms with E-state index < -0.39 is 10.0 Å². The molecule has 0 amide bonds. The average Bonchev–Trinajstić information content (AvgIpc) is 2.33. The zero-order chi connectivity index (χ0) is 9.90. The van der Waals surface area contributed by atoms with Crippen molar-refractivity contribution in [2.24, 2.45) is 0 Å². The second-order valence-electron chi connectivity index (χ2n) is 2.62. The molecule has 1 heterocycles. The predicted molar refractivity (Wildman–Crippen MR) is 52.0 cm³/mol. The zero-order valence-corrected chi connectivity index (χ0v) is 8.91. The lowest BCUT2D eigenvalue weighted by molar-refractivity contribution is -0.366. The SMILES string of the molecule is CS(=O)(=O)Nc1nc(CC[NH3+])cs1. The summed E-state index contributed by atoms with van der Waals surface area (Å²) in [5.41, 5.74) is 4.57. The maximum absolute atomic E-state index is 10.8. The number of nitrogens with one attached hydrogen (secondary N) is 1. The van der Waals surface area contributed by atoms with E-state index in [1.165, 1.54) is 11.3 Å². The molecule has 0 aliphatic rings. The van der Waals surface area contributed by atoms with Gasteiger partial charge in [0, 0.05) is 11.8 Å². The van der Waals surface area contributed by atoms with Crippen molar-refractivity contribution < 1.29 is 14.2 Å². The number of quaternary nitrogens is 1. The molecule has 5 nitrogen and oxygen atoms in total. The first kappa shape index (κ1) is 10.4. The topological polar surface area (TPSA) is 86.7 Å². The lowest BCUT2D eigenvalue weighted by Crippen LogP contribution is -2.51. The van der Waals surface area contributed by atoms with Crippen molar-refractivity contribution in [2.45, 2.75) is 6.42 Å². The third kappa shape index (κ3) is 3.71. The highest BCUT2D eigenvalue weighted by Gasteiger charge is 2.06. The smallest absolute Gasteiger partial charge is 0.231 e. The summed E-state index contributed by atoms with van der Waals surface area (Å²) >= 11 is 1.29.